The molecule has 4 rings (SSSR count). The third-order valence-corrected chi connectivity index (χ3v) is 4.84. The average molecular weight is 410 g/mol. The molecule has 0 atom stereocenters. The molecule has 3 aromatic rings. The first-order chi connectivity index (χ1) is 14.2. The highest BCUT2D eigenvalue weighted by atomic mass is 35.5. The van der Waals surface area contributed by atoms with Crippen molar-refractivity contribution in [3.8, 4) is 11.5 Å². The van der Waals surface area contributed by atoms with Gasteiger partial charge in [0.05, 0.1) is 18.2 Å². The lowest BCUT2D eigenvalue weighted by atomic mass is 10.1. The molecule has 0 radical (unpaired) electrons. The topological polar surface area (TPSA) is 64.6 Å². The van der Waals surface area contributed by atoms with E-state index in [9.17, 15) is 4.79 Å². The van der Waals surface area contributed by atoms with Crippen molar-refractivity contribution >= 4 is 17.5 Å². The fourth-order valence-electron chi connectivity index (χ4n) is 3.16. The van der Waals surface area contributed by atoms with Crippen molar-refractivity contribution in [3.63, 3.8) is 0 Å². The highest BCUT2D eigenvalue weighted by molar-refractivity contribution is 6.32. The Morgan fingerprint density at radius 2 is 1.79 bits per heavy atom. The predicted molar refractivity (Wildman–Crippen MR) is 109 cm³/mol. The molecule has 1 aliphatic heterocycles. The van der Waals surface area contributed by atoms with E-state index in [1.165, 1.54) is 0 Å². The van der Waals surface area contributed by atoms with Gasteiger partial charge < -0.3 is 14.4 Å². The molecule has 2 aromatic heterocycles. The van der Waals surface area contributed by atoms with Gasteiger partial charge in [0.25, 0.3) is 5.91 Å². The number of nitrogens with zero attached hydrogens (tertiary/aromatic N) is 3. The summed E-state index contributed by atoms with van der Waals surface area (Å²) in [5.74, 6) is 0.848. The Hall–Kier alpha value is -3.12. The zero-order valence-electron chi connectivity index (χ0n) is 15.8. The van der Waals surface area contributed by atoms with Crippen molar-refractivity contribution < 1.29 is 14.3 Å². The second-order valence-corrected chi connectivity index (χ2v) is 7.12. The van der Waals surface area contributed by atoms with Crippen LogP contribution in [-0.2, 0) is 13.1 Å². The van der Waals surface area contributed by atoms with Crippen LogP contribution in [0, 0.1) is 0 Å². The fraction of sp³-hybridized carbons (Fsp3) is 0.227. The molecule has 0 fully saturated rings. The SMILES string of the molecule is O=C(c1cc(Cl)c2c(c1)OCCCO2)N(Cc1ccncc1)Cc1cccnc1. The maximum absolute atomic E-state index is 13.4. The van der Waals surface area contributed by atoms with Crippen LogP contribution in [0.2, 0.25) is 5.02 Å². The lowest BCUT2D eigenvalue weighted by Crippen LogP contribution is -2.30. The van der Waals surface area contributed by atoms with E-state index in [-0.39, 0.29) is 5.91 Å². The molecule has 0 spiro atoms. The Morgan fingerprint density at radius 1 is 1.00 bits per heavy atom. The van der Waals surface area contributed by atoms with E-state index in [2.05, 4.69) is 9.97 Å². The van der Waals surface area contributed by atoms with E-state index in [4.69, 9.17) is 21.1 Å². The van der Waals surface area contributed by atoms with E-state index < -0.39 is 0 Å². The molecule has 0 saturated heterocycles. The number of fused-ring (bicyclic) bond motifs is 1. The van der Waals surface area contributed by atoms with Crippen LogP contribution in [0.1, 0.15) is 27.9 Å². The van der Waals surface area contributed by atoms with Gasteiger partial charge in [-0.15, -0.1) is 0 Å². The molecule has 1 aliphatic rings. The highest BCUT2D eigenvalue weighted by Crippen LogP contribution is 2.38. The van der Waals surface area contributed by atoms with E-state index in [1.807, 2.05) is 24.3 Å². The molecule has 148 valence electrons. The molecule has 0 N–H and O–H groups in total. The van der Waals surface area contributed by atoms with Crippen LogP contribution in [-0.4, -0.2) is 34.0 Å². The second kappa shape index (κ2) is 8.92. The molecule has 1 aromatic carbocycles. The van der Waals surface area contributed by atoms with E-state index in [0.29, 0.717) is 48.4 Å². The van der Waals surface area contributed by atoms with Crippen LogP contribution in [0.15, 0.2) is 61.2 Å². The summed E-state index contributed by atoms with van der Waals surface area (Å²) in [5.41, 5.74) is 2.38. The summed E-state index contributed by atoms with van der Waals surface area (Å²) in [6.45, 7) is 1.91. The Kier molecular flexibility index (Phi) is 5.91. The Bertz CT molecular complexity index is 942. The van der Waals surface area contributed by atoms with Crippen LogP contribution in [0.4, 0.5) is 0 Å². The maximum atomic E-state index is 13.4. The van der Waals surface area contributed by atoms with E-state index >= 15 is 0 Å². The fourth-order valence-corrected chi connectivity index (χ4v) is 3.42. The summed E-state index contributed by atoms with van der Waals surface area (Å²) in [4.78, 5) is 23.4. The number of aromatic nitrogens is 2. The van der Waals surface area contributed by atoms with E-state index in [1.54, 1.807) is 41.8 Å². The third-order valence-electron chi connectivity index (χ3n) is 4.56. The number of hydrogen-bond donors (Lipinski definition) is 0. The van der Waals surface area contributed by atoms with Gasteiger partial charge in [-0.1, -0.05) is 17.7 Å². The van der Waals surface area contributed by atoms with Crippen molar-refractivity contribution in [2.45, 2.75) is 19.5 Å². The minimum atomic E-state index is -0.150. The molecular weight excluding hydrogens is 390 g/mol. The van der Waals surface area contributed by atoms with Gasteiger partial charge in [-0.25, -0.2) is 0 Å². The Balaban J connectivity index is 1.65. The number of amides is 1. The first-order valence-corrected chi connectivity index (χ1v) is 9.75. The third kappa shape index (κ3) is 4.66. The number of ether oxygens (including phenoxy) is 2. The minimum Gasteiger partial charge on any atom is -0.489 e. The molecule has 1 amide bonds. The predicted octanol–water partition coefficient (Wildman–Crippen LogP) is 4.13. The van der Waals surface area contributed by atoms with Gasteiger partial charge >= 0.3 is 0 Å². The maximum Gasteiger partial charge on any atom is 0.254 e. The molecule has 0 aliphatic carbocycles. The number of benzene rings is 1. The van der Waals surface area contributed by atoms with Crippen molar-refractivity contribution in [1.29, 1.82) is 0 Å². The number of carbonyl (C=O) groups excluding carboxylic acids is 1. The summed E-state index contributed by atoms with van der Waals surface area (Å²) in [6, 6.07) is 10.9. The molecule has 0 saturated carbocycles. The van der Waals surface area contributed by atoms with Crippen LogP contribution < -0.4 is 9.47 Å². The number of carbonyl (C=O) groups is 1. The van der Waals surface area contributed by atoms with Crippen molar-refractivity contribution in [3.05, 3.63) is 82.9 Å². The Morgan fingerprint density at radius 3 is 2.59 bits per heavy atom. The van der Waals surface area contributed by atoms with E-state index in [0.717, 1.165) is 17.5 Å². The van der Waals surface area contributed by atoms with Gasteiger partial charge in [0, 0.05) is 49.9 Å². The molecule has 29 heavy (non-hydrogen) atoms. The molecule has 7 heteroatoms. The second-order valence-electron chi connectivity index (χ2n) is 6.71. The number of halogens is 1. The van der Waals surface area contributed by atoms with Gasteiger partial charge in [-0.2, -0.15) is 0 Å². The standard InChI is InChI=1S/C22H20ClN3O3/c23-19-11-18(12-20-21(19)29-10-2-9-28-20)22(27)26(14-16-4-7-24-8-5-16)15-17-3-1-6-25-13-17/h1,3-8,11-13H,2,9-10,14-15H2. The van der Waals surface area contributed by atoms with Crippen molar-refractivity contribution in [2.24, 2.45) is 0 Å². The Labute approximate surface area is 174 Å². The van der Waals surface area contributed by atoms with Gasteiger partial charge in [0.1, 0.15) is 0 Å². The van der Waals surface area contributed by atoms with Gasteiger partial charge in [0.15, 0.2) is 11.5 Å². The summed E-state index contributed by atoms with van der Waals surface area (Å²) >= 11 is 6.40. The zero-order valence-corrected chi connectivity index (χ0v) is 16.5. The normalized spacial score (nSPS) is 12.9. The number of hydrogen-bond acceptors (Lipinski definition) is 5. The lowest BCUT2D eigenvalue weighted by Gasteiger charge is -2.23. The van der Waals surface area contributed by atoms with Crippen LogP contribution in [0.3, 0.4) is 0 Å². The summed E-state index contributed by atoms with van der Waals surface area (Å²) in [6.07, 6.45) is 7.67. The molecule has 6 nitrogen and oxygen atoms in total. The van der Waals surface area contributed by atoms with Crippen LogP contribution >= 0.6 is 11.6 Å². The van der Waals surface area contributed by atoms with Crippen LogP contribution in [0.5, 0.6) is 11.5 Å². The summed E-state index contributed by atoms with van der Waals surface area (Å²) in [7, 11) is 0. The first-order valence-electron chi connectivity index (χ1n) is 9.37. The van der Waals surface area contributed by atoms with Crippen molar-refractivity contribution in [2.75, 3.05) is 13.2 Å². The highest BCUT2D eigenvalue weighted by Gasteiger charge is 2.22. The first kappa shape index (κ1) is 19.2. The minimum absolute atomic E-state index is 0.150. The van der Waals surface area contributed by atoms with Crippen molar-refractivity contribution in [1.82, 2.24) is 14.9 Å². The average Bonchev–Trinajstić information content (AvgIpc) is 3.00. The molecule has 3 heterocycles. The smallest absolute Gasteiger partial charge is 0.254 e. The summed E-state index contributed by atoms with van der Waals surface area (Å²) in [5, 5.41) is 0.373. The van der Waals surface area contributed by atoms with Gasteiger partial charge in [-0.3, -0.25) is 14.8 Å². The summed E-state index contributed by atoms with van der Waals surface area (Å²) < 4.78 is 11.4. The van der Waals surface area contributed by atoms with Gasteiger partial charge in [0.2, 0.25) is 0 Å². The monoisotopic (exact) mass is 409 g/mol. The quantitative estimate of drug-likeness (QED) is 0.633. The van der Waals surface area contributed by atoms with Crippen LogP contribution in [0.25, 0.3) is 0 Å². The zero-order chi connectivity index (χ0) is 20.1. The largest absolute Gasteiger partial charge is 0.489 e. The molecule has 0 bridgehead atoms. The number of pyridine rings is 2. The molecule has 0 unspecified atom stereocenters. The molecular formula is C22H20ClN3O3. The number of rotatable bonds is 5. The van der Waals surface area contributed by atoms with Gasteiger partial charge in [-0.05, 0) is 41.5 Å². The lowest BCUT2D eigenvalue weighted by molar-refractivity contribution is 0.0729.